The van der Waals surface area contributed by atoms with Gasteiger partial charge in [-0.1, -0.05) is 47.2 Å². The molecule has 0 aliphatic carbocycles. The van der Waals surface area contributed by atoms with Crippen molar-refractivity contribution in [2.45, 2.75) is 13.0 Å². The lowest BCUT2D eigenvalue weighted by Crippen LogP contribution is -2.45. The third-order valence-electron chi connectivity index (χ3n) is 3.92. The maximum absolute atomic E-state index is 14.2. The summed E-state index contributed by atoms with van der Waals surface area (Å²) in [4.78, 5) is 12.7. The largest absolute Gasteiger partial charge is 0.299 e. The molecular weight excluding hydrogens is 439 g/mol. The van der Waals surface area contributed by atoms with Gasteiger partial charge < -0.3 is 0 Å². The summed E-state index contributed by atoms with van der Waals surface area (Å²) in [7, 11) is -3.93. The van der Waals surface area contributed by atoms with Crippen LogP contribution in [0.4, 0.5) is 15.2 Å². The molecule has 152 valence electrons. The number of hydrogen-bond acceptors (Lipinski definition) is 6. The molecule has 3 aromatic rings. The summed E-state index contributed by atoms with van der Waals surface area (Å²) in [6.07, 6.45) is 0.910. The van der Waals surface area contributed by atoms with E-state index in [4.69, 9.17) is 11.6 Å². The van der Waals surface area contributed by atoms with E-state index >= 15 is 0 Å². The van der Waals surface area contributed by atoms with Crippen molar-refractivity contribution < 1.29 is 17.6 Å². The molecule has 0 bridgehead atoms. The standard InChI is InChI=1S/C18H16ClFN4O3S2/c1-11(24(29(2,26)27)15-6-4-3-5-14(15)20)16(25)21-18-23-22-17(28-18)12-7-9-13(19)10-8-12/h3-11H,1-2H3,(H,21,23,25)/t11-/m0/s1. The van der Waals surface area contributed by atoms with Crippen LogP contribution in [-0.4, -0.2) is 36.8 Å². The Hall–Kier alpha value is -2.56. The van der Waals surface area contributed by atoms with Gasteiger partial charge in [-0.15, -0.1) is 10.2 Å². The Morgan fingerprint density at radius 1 is 1.17 bits per heavy atom. The number of anilines is 2. The minimum absolute atomic E-state index is 0.189. The van der Waals surface area contributed by atoms with Gasteiger partial charge >= 0.3 is 0 Å². The topological polar surface area (TPSA) is 92.3 Å². The van der Waals surface area contributed by atoms with Gasteiger partial charge in [0.05, 0.1) is 11.9 Å². The first kappa shape index (κ1) is 21.2. The molecule has 0 saturated carbocycles. The number of amides is 1. The molecule has 29 heavy (non-hydrogen) atoms. The van der Waals surface area contributed by atoms with E-state index in [1.165, 1.54) is 25.1 Å². The molecule has 1 N–H and O–H groups in total. The first-order valence-electron chi connectivity index (χ1n) is 8.31. The predicted molar refractivity (Wildman–Crippen MR) is 112 cm³/mol. The van der Waals surface area contributed by atoms with Gasteiger partial charge in [-0.2, -0.15) is 0 Å². The Kier molecular flexibility index (Phi) is 6.15. The van der Waals surface area contributed by atoms with Gasteiger partial charge in [0.2, 0.25) is 21.1 Å². The van der Waals surface area contributed by atoms with Crippen LogP contribution < -0.4 is 9.62 Å². The summed E-state index contributed by atoms with van der Waals surface area (Å²) in [5.74, 6) is -1.42. The van der Waals surface area contributed by atoms with E-state index in [0.29, 0.717) is 10.0 Å². The van der Waals surface area contributed by atoms with Crippen molar-refractivity contribution >= 4 is 49.7 Å². The van der Waals surface area contributed by atoms with Gasteiger partial charge in [-0.3, -0.25) is 14.4 Å². The van der Waals surface area contributed by atoms with Crippen molar-refractivity contribution in [1.29, 1.82) is 0 Å². The number of para-hydroxylation sites is 1. The highest BCUT2D eigenvalue weighted by atomic mass is 35.5. The lowest BCUT2D eigenvalue weighted by molar-refractivity contribution is -0.116. The summed E-state index contributed by atoms with van der Waals surface area (Å²) < 4.78 is 39.4. The molecule has 0 aliphatic rings. The van der Waals surface area contributed by atoms with E-state index in [0.717, 1.165) is 33.5 Å². The first-order chi connectivity index (χ1) is 13.7. The number of carbonyl (C=O) groups is 1. The van der Waals surface area contributed by atoms with Gasteiger partial charge in [0, 0.05) is 10.6 Å². The Labute approximate surface area is 176 Å². The van der Waals surface area contributed by atoms with Crippen molar-refractivity contribution in [3.05, 3.63) is 59.4 Å². The maximum atomic E-state index is 14.2. The SMILES string of the molecule is C[C@@H](C(=O)Nc1nnc(-c2ccc(Cl)cc2)s1)N(c1ccccc1F)S(C)(=O)=O. The number of sulfonamides is 1. The summed E-state index contributed by atoms with van der Waals surface area (Å²) in [5, 5.41) is 11.8. The van der Waals surface area contributed by atoms with Crippen LogP contribution in [0.5, 0.6) is 0 Å². The zero-order valence-corrected chi connectivity index (χ0v) is 17.7. The molecule has 0 fully saturated rings. The summed E-state index contributed by atoms with van der Waals surface area (Å²) in [6, 6.07) is 11.1. The third kappa shape index (κ3) is 4.89. The van der Waals surface area contributed by atoms with Crippen molar-refractivity contribution in [1.82, 2.24) is 10.2 Å². The molecule has 0 spiro atoms. The first-order valence-corrected chi connectivity index (χ1v) is 11.4. The fourth-order valence-corrected chi connectivity index (χ4v) is 4.66. The van der Waals surface area contributed by atoms with Gasteiger partial charge in [-0.05, 0) is 31.2 Å². The van der Waals surface area contributed by atoms with E-state index in [2.05, 4.69) is 15.5 Å². The Balaban J connectivity index is 1.82. The number of benzene rings is 2. The van der Waals surface area contributed by atoms with Crippen LogP contribution in [0.3, 0.4) is 0 Å². The van der Waals surface area contributed by atoms with Crippen LogP contribution in [0.1, 0.15) is 6.92 Å². The molecule has 2 aromatic carbocycles. The van der Waals surface area contributed by atoms with Gasteiger partial charge in [0.25, 0.3) is 0 Å². The molecule has 11 heteroatoms. The summed E-state index contributed by atoms with van der Waals surface area (Å²) in [5.41, 5.74) is 0.557. The number of halogens is 2. The molecule has 1 amide bonds. The fraction of sp³-hybridized carbons (Fsp3) is 0.167. The lowest BCUT2D eigenvalue weighted by Gasteiger charge is -2.28. The van der Waals surface area contributed by atoms with Gasteiger partial charge in [-0.25, -0.2) is 12.8 Å². The molecule has 0 radical (unpaired) electrons. The molecule has 1 heterocycles. The number of nitrogens with one attached hydrogen (secondary N) is 1. The highest BCUT2D eigenvalue weighted by Gasteiger charge is 2.31. The second-order valence-electron chi connectivity index (χ2n) is 6.09. The predicted octanol–water partition coefficient (Wildman–Crippen LogP) is 3.79. The Morgan fingerprint density at radius 2 is 1.83 bits per heavy atom. The molecule has 0 aliphatic heterocycles. The maximum Gasteiger partial charge on any atom is 0.249 e. The van der Waals surface area contributed by atoms with Gasteiger partial charge in [0.1, 0.15) is 16.9 Å². The van der Waals surface area contributed by atoms with E-state index in [1.54, 1.807) is 24.3 Å². The highest BCUT2D eigenvalue weighted by Crippen LogP contribution is 2.28. The van der Waals surface area contributed by atoms with Crippen LogP contribution >= 0.6 is 22.9 Å². The zero-order chi connectivity index (χ0) is 21.2. The zero-order valence-electron chi connectivity index (χ0n) is 15.3. The molecule has 1 atom stereocenters. The summed E-state index contributed by atoms with van der Waals surface area (Å²) >= 11 is 6.98. The van der Waals surface area contributed by atoms with E-state index in [-0.39, 0.29) is 10.8 Å². The smallest absolute Gasteiger partial charge is 0.249 e. The van der Waals surface area contributed by atoms with E-state index < -0.39 is 27.8 Å². The minimum atomic E-state index is -3.93. The Bertz CT molecular complexity index is 1140. The average molecular weight is 455 g/mol. The van der Waals surface area contributed by atoms with E-state index in [1.807, 2.05) is 0 Å². The highest BCUT2D eigenvalue weighted by molar-refractivity contribution is 7.92. The van der Waals surface area contributed by atoms with Crippen LogP contribution in [-0.2, 0) is 14.8 Å². The average Bonchev–Trinajstić information content (AvgIpc) is 3.11. The third-order valence-corrected chi connectivity index (χ3v) is 6.29. The van der Waals surface area contributed by atoms with Crippen molar-refractivity contribution in [3.63, 3.8) is 0 Å². The Morgan fingerprint density at radius 3 is 2.45 bits per heavy atom. The van der Waals surface area contributed by atoms with Crippen molar-refractivity contribution in [2.24, 2.45) is 0 Å². The van der Waals surface area contributed by atoms with Crippen LogP contribution in [0.25, 0.3) is 10.6 Å². The van der Waals surface area contributed by atoms with Crippen LogP contribution in [0.15, 0.2) is 48.5 Å². The molecule has 3 rings (SSSR count). The van der Waals surface area contributed by atoms with Crippen LogP contribution in [0, 0.1) is 5.82 Å². The van der Waals surface area contributed by atoms with Crippen molar-refractivity contribution in [2.75, 3.05) is 15.9 Å². The molecule has 0 saturated heterocycles. The number of aromatic nitrogens is 2. The van der Waals surface area contributed by atoms with Gasteiger partial charge in [0.15, 0.2) is 0 Å². The lowest BCUT2D eigenvalue weighted by atomic mass is 10.2. The molecule has 1 aromatic heterocycles. The number of hydrogen-bond donors (Lipinski definition) is 1. The van der Waals surface area contributed by atoms with Crippen LogP contribution in [0.2, 0.25) is 5.02 Å². The molecular formula is C18H16ClFN4O3S2. The minimum Gasteiger partial charge on any atom is -0.299 e. The second-order valence-corrected chi connectivity index (χ2v) is 9.37. The number of rotatable bonds is 6. The number of carbonyl (C=O) groups excluding carboxylic acids is 1. The normalized spacial score (nSPS) is 12.4. The number of nitrogens with zero attached hydrogens (tertiary/aromatic N) is 3. The van der Waals surface area contributed by atoms with E-state index in [9.17, 15) is 17.6 Å². The quantitative estimate of drug-likeness (QED) is 0.611. The fourth-order valence-electron chi connectivity index (χ4n) is 2.60. The summed E-state index contributed by atoms with van der Waals surface area (Å²) in [6.45, 7) is 1.37. The monoisotopic (exact) mass is 454 g/mol. The second kappa shape index (κ2) is 8.44. The molecule has 0 unspecified atom stereocenters. The molecule has 7 nitrogen and oxygen atoms in total. The van der Waals surface area contributed by atoms with Crippen molar-refractivity contribution in [3.8, 4) is 10.6 Å².